The first-order chi connectivity index (χ1) is 12.7. The van der Waals surface area contributed by atoms with E-state index in [1.807, 2.05) is 31.2 Å². The Morgan fingerprint density at radius 2 is 1.56 bits per heavy atom. The number of sulfonamides is 1. The number of amides is 2. The lowest BCUT2D eigenvalue weighted by Crippen LogP contribution is -2.42. The summed E-state index contributed by atoms with van der Waals surface area (Å²) in [6.07, 6.45) is 0. The zero-order valence-corrected chi connectivity index (χ0v) is 16.9. The van der Waals surface area contributed by atoms with Gasteiger partial charge in [-0.25, -0.2) is 12.7 Å². The summed E-state index contributed by atoms with van der Waals surface area (Å²) in [5.74, 6) is -0.721. The van der Waals surface area contributed by atoms with E-state index in [1.54, 1.807) is 0 Å². The van der Waals surface area contributed by atoms with Crippen LogP contribution in [0.3, 0.4) is 0 Å². The second-order valence-corrected chi connectivity index (χ2v) is 9.12. The molecule has 7 nitrogen and oxygen atoms in total. The second kappa shape index (κ2) is 9.03. The van der Waals surface area contributed by atoms with Crippen LogP contribution in [0.15, 0.2) is 58.3 Å². The molecular formula is C18H21N3O4S2. The number of thioether (sulfide) groups is 1. The van der Waals surface area contributed by atoms with Crippen molar-refractivity contribution in [3.05, 3.63) is 59.7 Å². The fourth-order valence-corrected chi connectivity index (χ4v) is 3.61. The van der Waals surface area contributed by atoms with E-state index in [1.165, 1.54) is 50.1 Å². The van der Waals surface area contributed by atoms with Gasteiger partial charge < -0.3 is 0 Å². The molecule has 144 valence electrons. The van der Waals surface area contributed by atoms with Crippen LogP contribution in [0, 0.1) is 6.92 Å². The second-order valence-electron chi connectivity index (χ2n) is 5.92. The number of nitrogens with zero attached hydrogens (tertiary/aromatic N) is 1. The highest BCUT2D eigenvalue weighted by Gasteiger charge is 2.17. The molecule has 0 bridgehead atoms. The molecule has 0 aromatic heterocycles. The van der Waals surface area contributed by atoms with Gasteiger partial charge in [0.25, 0.3) is 5.91 Å². The first-order valence-electron chi connectivity index (χ1n) is 8.01. The third-order valence-corrected chi connectivity index (χ3v) is 6.44. The number of hydrazine groups is 1. The first kappa shape index (κ1) is 20.9. The van der Waals surface area contributed by atoms with Crippen LogP contribution in [-0.2, 0) is 14.8 Å². The van der Waals surface area contributed by atoms with Gasteiger partial charge in [-0.15, -0.1) is 11.8 Å². The van der Waals surface area contributed by atoms with Crippen LogP contribution in [0.25, 0.3) is 0 Å². The summed E-state index contributed by atoms with van der Waals surface area (Å²) in [7, 11) is -0.691. The average Bonchev–Trinajstić information content (AvgIpc) is 2.65. The van der Waals surface area contributed by atoms with E-state index in [9.17, 15) is 18.0 Å². The minimum Gasteiger partial charge on any atom is -0.272 e. The molecule has 2 rings (SSSR count). The quantitative estimate of drug-likeness (QED) is 0.562. The standard InChI is InChI=1S/C18H21N3O4S2/c1-13-4-8-15(9-5-13)26-12-17(22)19-20-18(23)14-6-10-16(11-7-14)27(24,25)21(2)3/h4-11H,12H2,1-3H3,(H,19,22)(H,20,23). The van der Waals surface area contributed by atoms with E-state index in [-0.39, 0.29) is 22.1 Å². The van der Waals surface area contributed by atoms with Gasteiger partial charge in [0.05, 0.1) is 10.6 Å². The number of carbonyl (C=O) groups excluding carboxylic acids is 2. The van der Waals surface area contributed by atoms with Gasteiger partial charge in [-0.05, 0) is 43.3 Å². The number of benzene rings is 2. The molecule has 0 saturated carbocycles. The summed E-state index contributed by atoms with van der Waals surface area (Å²) < 4.78 is 25.1. The molecule has 0 aliphatic carbocycles. The van der Waals surface area contributed by atoms with E-state index >= 15 is 0 Å². The van der Waals surface area contributed by atoms with Crippen LogP contribution in [0.4, 0.5) is 0 Å². The largest absolute Gasteiger partial charge is 0.272 e. The van der Waals surface area contributed by atoms with Crippen LogP contribution < -0.4 is 10.9 Å². The lowest BCUT2D eigenvalue weighted by atomic mass is 10.2. The highest BCUT2D eigenvalue weighted by Crippen LogP contribution is 2.17. The van der Waals surface area contributed by atoms with Crippen LogP contribution in [0.5, 0.6) is 0 Å². The molecule has 0 aliphatic rings. The van der Waals surface area contributed by atoms with Crippen molar-refractivity contribution in [3.8, 4) is 0 Å². The van der Waals surface area contributed by atoms with Gasteiger partial charge in [-0.1, -0.05) is 17.7 Å². The predicted molar refractivity (Wildman–Crippen MR) is 105 cm³/mol. The molecule has 0 radical (unpaired) electrons. The van der Waals surface area contributed by atoms with E-state index in [0.29, 0.717) is 0 Å². The molecule has 27 heavy (non-hydrogen) atoms. The lowest BCUT2D eigenvalue weighted by Gasteiger charge is -2.12. The van der Waals surface area contributed by atoms with Gasteiger partial charge in [0.15, 0.2) is 0 Å². The normalized spacial score (nSPS) is 11.3. The topological polar surface area (TPSA) is 95.6 Å². The number of rotatable bonds is 6. The van der Waals surface area contributed by atoms with Crippen molar-refractivity contribution >= 4 is 33.6 Å². The van der Waals surface area contributed by atoms with Crippen molar-refractivity contribution in [1.82, 2.24) is 15.2 Å². The van der Waals surface area contributed by atoms with Crippen molar-refractivity contribution in [2.45, 2.75) is 16.7 Å². The highest BCUT2D eigenvalue weighted by atomic mass is 32.2. The average molecular weight is 408 g/mol. The molecule has 0 atom stereocenters. The van der Waals surface area contributed by atoms with E-state index in [2.05, 4.69) is 10.9 Å². The molecule has 0 unspecified atom stereocenters. The van der Waals surface area contributed by atoms with Crippen LogP contribution in [0.2, 0.25) is 0 Å². The number of nitrogens with one attached hydrogen (secondary N) is 2. The van der Waals surface area contributed by atoms with Crippen LogP contribution >= 0.6 is 11.8 Å². The maximum absolute atomic E-state index is 12.1. The molecular weight excluding hydrogens is 386 g/mol. The summed E-state index contributed by atoms with van der Waals surface area (Å²) in [5.41, 5.74) is 6.03. The smallest absolute Gasteiger partial charge is 0.269 e. The molecule has 0 fully saturated rings. The third kappa shape index (κ3) is 5.81. The Morgan fingerprint density at radius 3 is 2.11 bits per heavy atom. The Balaban J connectivity index is 1.86. The molecule has 0 saturated heterocycles. The molecule has 0 heterocycles. The Morgan fingerprint density at radius 1 is 0.963 bits per heavy atom. The molecule has 2 aromatic carbocycles. The summed E-state index contributed by atoms with van der Waals surface area (Å²) in [6.45, 7) is 1.99. The maximum Gasteiger partial charge on any atom is 0.269 e. The van der Waals surface area contributed by atoms with Crippen LogP contribution in [0.1, 0.15) is 15.9 Å². The maximum atomic E-state index is 12.1. The Kier molecular flexibility index (Phi) is 7.00. The summed E-state index contributed by atoms with van der Waals surface area (Å²) in [5, 5.41) is 0. The molecule has 0 spiro atoms. The summed E-state index contributed by atoms with van der Waals surface area (Å²) in [6, 6.07) is 13.2. The van der Waals surface area contributed by atoms with Crippen molar-refractivity contribution < 1.29 is 18.0 Å². The number of carbonyl (C=O) groups is 2. The zero-order chi connectivity index (χ0) is 20.0. The Bertz CT molecular complexity index is 909. The van der Waals surface area contributed by atoms with Gasteiger partial charge in [0.2, 0.25) is 15.9 Å². The van der Waals surface area contributed by atoms with Gasteiger partial charge in [-0.2, -0.15) is 0 Å². The number of hydrogen-bond donors (Lipinski definition) is 2. The van der Waals surface area contributed by atoms with Gasteiger partial charge in [0, 0.05) is 24.6 Å². The van der Waals surface area contributed by atoms with Crippen molar-refractivity contribution in [2.24, 2.45) is 0 Å². The zero-order valence-electron chi connectivity index (χ0n) is 15.2. The monoisotopic (exact) mass is 407 g/mol. The number of hydrogen-bond acceptors (Lipinski definition) is 5. The molecule has 2 aromatic rings. The van der Waals surface area contributed by atoms with Gasteiger partial charge in [0.1, 0.15) is 0 Å². The predicted octanol–water partition coefficient (Wildman–Crippen LogP) is 1.80. The van der Waals surface area contributed by atoms with Crippen molar-refractivity contribution in [1.29, 1.82) is 0 Å². The lowest BCUT2D eigenvalue weighted by molar-refractivity contribution is -0.119. The highest BCUT2D eigenvalue weighted by molar-refractivity contribution is 8.00. The van der Waals surface area contributed by atoms with Gasteiger partial charge in [-0.3, -0.25) is 20.4 Å². The number of aryl methyl sites for hydroxylation is 1. The first-order valence-corrected chi connectivity index (χ1v) is 10.4. The van der Waals surface area contributed by atoms with Crippen molar-refractivity contribution in [2.75, 3.05) is 19.8 Å². The van der Waals surface area contributed by atoms with Gasteiger partial charge >= 0.3 is 0 Å². The Hall–Kier alpha value is -2.36. The summed E-state index contributed by atoms with van der Waals surface area (Å²) in [4.78, 5) is 25.0. The molecule has 2 N–H and O–H groups in total. The molecule has 2 amide bonds. The third-order valence-electron chi connectivity index (χ3n) is 3.60. The van der Waals surface area contributed by atoms with Crippen LogP contribution in [-0.4, -0.2) is 44.4 Å². The minimum absolute atomic E-state index is 0.0857. The fourth-order valence-electron chi connectivity index (χ4n) is 2.01. The Labute approximate surface area is 163 Å². The minimum atomic E-state index is -3.55. The van der Waals surface area contributed by atoms with E-state index in [0.717, 1.165) is 14.8 Å². The summed E-state index contributed by atoms with van der Waals surface area (Å²) >= 11 is 1.36. The van der Waals surface area contributed by atoms with Crippen molar-refractivity contribution in [3.63, 3.8) is 0 Å². The fraction of sp³-hybridized carbons (Fsp3) is 0.222. The van der Waals surface area contributed by atoms with E-state index in [4.69, 9.17) is 0 Å². The SMILES string of the molecule is Cc1ccc(SCC(=O)NNC(=O)c2ccc(S(=O)(=O)N(C)C)cc2)cc1. The molecule has 0 aliphatic heterocycles. The molecule has 9 heteroatoms. The van der Waals surface area contributed by atoms with E-state index < -0.39 is 15.9 Å².